The molecular formula is C14H16BrN3S. The highest BCUT2D eigenvalue weighted by atomic mass is 79.9. The summed E-state index contributed by atoms with van der Waals surface area (Å²) in [6.45, 7) is 4.98. The number of nitrogens with one attached hydrogen (secondary N) is 1. The van der Waals surface area contributed by atoms with E-state index in [2.05, 4.69) is 50.3 Å². The van der Waals surface area contributed by atoms with Crippen molar-refractivity contribution in [1.82, 2.24) is 9.97 Å². The number of rotatable bonds is 5. The van der Waals surface area contributed by atoms with Crippen molar-refractivity contribution >= 4 is 33.5 Å². The fourth-order valence-electron chi connectivity index (χ4n) is 1.59. The molecule has 2 rings (SSSR count). The van der Waals surface area contributed by atoms with Gasteiger partial charge in [-0.3, -0.25) is 0 Å². The van der Waals surface area contributed by atoms with E-state index in [1.165, 1.54) is 0 Å². The van der Waals surface area contributed by atoms with E-state index in [0.29, 0.717) is 0 Å². The Balaban J connectivity index is 2.17. The second-order valence-electron chi connectivity index (χ2n) is 4.12. The predicted octanol–water partition coefficient (Wildman–Crippen LogP) is 4.52. The Morgan fingerprint density at radius 3 is 2.84 bits per heavy atom. The molecule has 0 unspecified atom stereocenters. The van der Waals surface area contributed by atoms with Crippen molar-refractivity contribution in [2.45, 2.75) is 30.2 Å². The summed E-state index contributed by atoms with van der Waals surface area (Å²) in [4.78, 5) is 10.0. The van der Waals surface area contributed by atoms with Gasteiger partial charge in [0.15, 0.2) is 0 Å². The SMILES string of the molecule is CCCNc1cc(Sc2cccc(Br)c2)nc(C)n1. The van der Waals surface area contributed by atoms with Crippen molar-refractivity contribution in [2.24, 2.45) is 0 Å². The Morgan fingerprint density at radius 2 is 2.11 bits per heavy atom. The van der Waals surface area contributed by atoms with Gasteiger partial charge in [0.05, 0.1) is 0 Å². The molecule has 0 aliphatic rings. The zero-order chi connectivity index (χ0) is 13.7. The average molecular weight is 338 g/mol. The van der Waals surface area contributed by atoms with Gasteiger partial charge >= 0.3 is 0 Å². The summed E-state index contributed by atoms with van der Waals surface area (Å²) in [5, 5.41) is 4.26. The van der Waals surface area contributed by atoms with Crippen LogP contribution in [0.25, 0.3) is 0 Å². The summed E-state index contributed by atoms with van der Waals surface area (Å²) in [6.07, 6.45) is 1.08. The molecule has 3 nitrogen and oxygen atoms in total. The highest BCUT2D eigenvalue weighted by Gasteiger charge is 2.04. The van der Waals surface area contributed by atoms with Gasteiger partial charge in [-0.2, -0.15) is 0 Å². The van der Waals surface area contributed by atoms with Gasteiger partial charge in [-0.15, -0.1) is 0 Å². The Morgan fingerprint density at radius 1 is 1.26 bits per heavy atom. The predicted molar refractivity (Wildman–Crippen MR) is 83.8 cm³/mol. The van der Waals surface area contributed by atoms with Gasteiger partial charge in [0.2, 0.25) is 0 Å². The number of nitrogens with zero attached hydrogens (tertiary/aromatic N) is 2. The summed E-state index contributed by atoms with van der Waals surface area (Å²) in [5.41, 5.74) is 0. The molecule has 2 aromatic rings. The molecule has 1 N–H and O–H groups in total. The largest absolute Gasteiger partial charge is 0.370 e. The minimum absolute atomic E-state index is 0.790. The minimum Gasteiger partial charge on any atom is -0.370 e. The number of benzene rings is 1. The maximum atomic E-state index is 4.46. The van der Waals surface area contributed by atoms with Crippen molar-refractivity contribution in [2.75, 3.05) is 11.9 Å². The topological polar surface area (TPSA) is 37.8 Å². The molecule has 0 saturated heterocycles. The van der Waals surface area contributed by atoms with Gasteiger partial charge in [0, 0.05) is 22.0 Å². The summed E-state index contributed by atoms with van der Waals surface area (Å²) in [5.74, 6) is 1.69. The first-order valence-corrected chi connectivity index (χ1v) is 7.81. The number of aryl methyl sites for hydroxylation is 1. The monoisotopic (exact) mass is 337 g/mol. The van der Waals surface area contributed by atoms with Crippen molar-refractivity contribution in [1.29, 1.82) is 0 Å². The molecule has 0 bridgehead atoms. The number of aromatic nitrogens is 2. The normalized spacial score (nSPS) is 10.5. The molecule has 19 heavy (non-hydrogen) atoms. The summed E-state index contributed by atoms with van der Waals surface area (Å²) >= 11 is 5.12. The van der Waals surface area contributed by atoms with Gasteiger partial charge in [0.25, 0.3) is 0 Å². The lowest BCUT2D eigenvalue weighted by Gasteiger charge is -2.07. The molecule has 5 heteroatoms. The number of anilines is 1. The second kappa shape index (κ2) is 6.91. The molecule has 0 aliphatic carbocycles. The molecule has 0 radical (unpaired) electrons. The van der Waals surface area contributed by atoms with Crippen LogP contribution >= 0.6 is 27.7 Å². The van der Waals surface area contributed by atoms with E-state index in [1.807, 2.05) is 25.1 Å². The van der Waals surface area contributed by atoms with Crippen LogP contribution in [0.4, 0.5) is 5.82 Å². The Bertz CT molecular complexity index is 560. The van der Waals surface area contributed by atoms with E-state index < -0.39 is 0 Å². The average Bonchev–Trinajstić information content (AvgIpc) is 2.35. The molecule has 1 heterocycles. The van der Waals surface area contributed by atoms with Gasteiger partial charge in [0.1, 0.15) is 16.7 Å². The van der Waals surface area contributed by atoms with Crippen LogP contribution in [0.2, 0.25) is 0 Å². The third-order valence-corrected chi connectivity index (χ3v) is 3.79. The Labute approximate surface area is 126 Å². The van der Waals surface area contributed by atoms with E-state index in [9.17, 15) is 0 Å². The van der Waals surface area contributed by atoms with Gasteiger partial charge in [-0.05, 0) is 31.5 Å². The van der Waals surface area contributed by atoms with Crippen LogP contribution in [-0.2, 0) is 0 Å². The summed E-state index contributed by atoms with van der Waals surface area (Å²) in [6, 6.07) is 10.2. The van der Waals surface area contributed by atoms with Crippen molar-refractivity contribution < 1.29 is 0 Å². The van der Waals surface area contributed by atoms with E-state index >= 15 is 0 Å². The lowest BCUT2D eigenvalue weighted by atomic mass is 10.4. The second-order valence-corrected chi connectivity index (χ2v) is 6.13. The zero-order valence-corrected chi connectivity index (χ0v) is 13.4. The van der Waals surface area contributed by atoms with E-state index in [-0.39, 0.29) is 0 Å². The molecule has 0 fully saturated rings. The first-order chi connectivity index (χ1) is 9.17. The molecule has 0 amide bonds. The number of halogens is 1. The third-order valence-electron chi connectivity index (χ3n) is 2.39. The smallest absolute Gasteiger partial charge is 0.130 e. The van der Waals surface area contributed by atoms with E-state index in [1.54, 1.807) is 11.8 Å². The quantitative estimate of drug-likeness (QED) is 0.814. The van der Waals surface area contributed by atoms with Crippen molar-refractivity contribution in [3.05, 3.63) is 40.6 Å². The third kappa shape index (κ3) is 4.51. The first-order valence-electron chi connectivity index (χ1n) is 6.20. The molecule has 1 aromatic heterocycles. The molecule has 100 valence electrons. The lowest BCUT2D eigenvalue weighted by Crippen LogP contribution is -2.04. The first kappa shape index (κ1) is 14.3. The lowest BCUT2D eigenvalue weighted by molar-refractivity contribution is 0.928. The van der Waals surface area contributed by atoms with Gasteiger partial charge in [-0.1, -0.05) is 40.7 Å². The minimum atomic E-state index is 0.790. The fourth-order valence-corrected chi connectivity index (χ4v) is 3.06. The van der Waals surface area contributed by atoms with Crippen LogP contribution < -0.4 is 5.32 Å². The Kier molecular flexibility index (Phi) is 5.22. The highest BCUT2D eigenvalue weighted by Crippen LogP contribution is 2.29. The van der Waals surface area contributed by atoms with E-state index in [4.69, 9.17) is 0 Å². The molecule has 0 spiro atoms. The van der Waals surface area contributed by atoms with E-state index in [0.717, 1.165) is 39.0 Å². The van der Waals surface area contributed by atoms with Crippen LogP contribution in [-0.4, -0.2) is 16.5 Å². The van der Waals surface area contributed by atoms with Crippen LogP contribution in [0, 0.1) is 6.92 Å². The van der Waals surface area contributed by atoms with Gasteiger partial charge < -0.3 is 5.32 Å². The van der Waals surface area contributed by atoms with Crippen LogP contribution in [0.3, 0.4) is 0 Å². The summed E-state index contributed by atoms with van der Waals surface area (Å²) in [7, 11) is 0. The van der Waals surface area contributed by atoms with Crippen LogP contribution in [0.1, 0.15) is 19.2 Å². The maximum Gasteiger partial charge on any atom is 0.130 e. The molecular weight excluding hydrogens is 322 g/mol. The molecule has 0 atom stereocenters. The van der Waals surface area contributed by atoms with Crippen LogP contribution in [0.5, 0.6) is 0 Å². The number of hydrogen-bond donors (Lipinski definition) is 1. The molecule has 0 saturated carbocycles. The maximum absolute atomic E-state index is 4.46. The van der Waals surface area contributed by atoms with Crippen LogP contribution in [0.15, 0.2) is 44.7 Å². The highest BCUT2D eigenvalue weighted by molar-refractivity contribution is 9.10. The molecule has 1 aromatic carbocycles. The Hall–Kier alpha value is -1.07. The summed E-state index contributed by atoms with van der Waals surface area (Å²) < 4.78 is 1.08. The van der Waals surface area contributed by atoms with Gasteiger partial charge in [-0.25, -0.2) is 9.97 Å². The van der Waals surface area contributed by atoms with Crippen molar-refractivity contribution in [3.63, 3.8) is 0 Å². The standard InChI is InChI=1S/C14H16BrN3S/c1-3-7-16-13-9-14(18-10(2)17-13)19-12-6-4-5-11(15)8-12/h4-6,8-9H,3,7H2,1-2H3,(H,16,17,18). The molecule has 0 aliphatic heterocycles. The zero-order valence-electron chi connectivity index (χ0n) is 11.0. The number of hydrogen-bond acceptors (Lipinski definition) is 4. The fraction of sp³-hybridized carbons (Fsp3) is 0.286. The van der Waals surface area contributed by atoms with Crippen molar-refractivity contribution in [3.8, 4) is 0 Å².